The number of aromatic nitrogens is 4. The van der Waals surface area contributed by atoms with Crippen LogP contribution in [0.25, 0.3) is 11.2 Å². The number of carbonyl (C=O) groups is 1. The molecule has 0 bridgehead atoms. The maximum Gasteiger partial charge on any atom is 0.256 e. The smallest absolute Gasteiger partial charge is 0.256 e. The summed E-state index contributed by atoms with van der Waals surface area (Å²) >= 11 is 0. The van der Waals surface area contributed by atoms with Gasteiger partial charge in [0.25, 0.3) is 5.91 Å². The zero-order chi connectivity index (χ0) is 19.2. The fraction of sp³-hybridized carbons (Fsp3) is 0.294. The van der Waals surface area contributed by atoms with Gasteiger partial charge in [-0.05, 0) is 19.0 Å². The van der Waals surface area contributed by atoms with Gasteiger partial charge < -0.3 is 20.3 Å². The lowest BCUT2D eigenvalue weighted by molar-refractivity contribution is -0.0871. The monoisotopic (exact) mass is 358 g/mol. The van der Waals surface area contributed by atoms with E-state index in [0.29, 0.717) is 16.7 Å². The summed E-state index contributed by atoms with van der Waals surface area (Å²) in [5.74, 6) is -0.113. The molecule has 0 unspecified atom stereocenters. The number of aliphatic hydroxyl groups is 2. The molecule has 1 aromatic carbocycles. The average molecular weight is 358 g/mol. The van der Waals surface area contributed by atoms with E-state index < -0.39 is 18.9 Å². The summed E-state index contributed by atoms with van der Waals surface area (Å²) in [6.07, 6.45) is 1.03. The Hall–Kier alpha value is -2.88. The number of hydrogen-bond donors (Lipinski definition) is 3. The normalized spacial score (nSPS) is 14.0. The van der Waals surface area contributed by atoms with Crippen molar-refractivity contribution < 1.29 is 21.1 Å². The van der Waals surface area contributed by atoms with Crippen LogP contribution in [0.1, 0.15) is 24.9 Å². The number of nitrogens with zero attached hydrogens (tertiary/aromatic N) is 4. The van der Waals surface area contributed by atoms with Gasteiger partial charge in [0.15, 0.2) is 23.2 Å². The van der Waals surface area contributed by atoms with Crippen LogP contribution in [0.3, 0.4) is 0 Å². The first-order valence-electron chi connectivity index (χ1n) is 8.59. The van der Waals surface area contributed by atoms with Gasteiger partial charge in [0.05, 0.1) is 25.6 Å². The summed E-state index contributed by atoms with van der Waals surface area (Å²) in [4.78, 5) is 24.8. The Kier molecular flexibility index (Phi) is 5.10. The third-order valence-electron chi connectivity index (χ3n) is 3.65. The molecule has 9 nitrogen and oxygen atoms in total. The quantitative estimate of drug-likeness (QED) is 0.575. The molecule has 3 N–H and O–H groups in total. The zero-order valence-corrected chi connectivity index (χ0v) is 13.8. The minimum atomic E-state index is -0.884. The Balaban J connectivity index is 1.89. The number of nitrogens with one attached hydrogen (secondary N) is 1. The van der Waals surface area contributed by atoms with E-state index in [2.05, 4.69) is 20.3 Å². The first-order chi connectivity index (χ1) is 13.2. The number of ether oxygens (including phenoxy) is 1. The van der Waals surface area contributed by atoms with Gasteiger partial charge in [0.1, 0.15) is 6.33 Å². The van der Waals surface area contributed by atoms with Crippen LogP contribution in [0.4, 0.5) is 5.82 Å². The van der Waals surface area contributed by atoms with Crippen molar-refractivity contribution in [3.05, 3.63) is 48.5 Å². The second-order valence-corrected chi connectivity index (χ2v) is 5.44. The molecule has 0 aliphatic rings. The van der Waals surface area contributed by atoms with Crippen molar-refractivity contribution in [3.63, 3.8) is 0 Å². The Bertz CT molecular complexity index is 901. The maximum absolute atomic E-state index is 12.4. The minimum absolute atomic E-state index is 0.160. The molecular formula is C17H19N5O4. The van der Waals surface area contributed by atoms with Crippen molar-refractivity contribution in [3.8, 4) is 0 Å². The highest BCUT2D eigenvalue weighted by molar-refractivity contribution is 6.06. The van der Waals surface area contributed by atoms with E-state index in [0.717, 1.165) is 0 Å². The van der Waals surface area contributed by atoms with Crippen LogP contribution in [0.2, 0.25) is 0 Å². The van der Waals surface area contributed by atoms with E-state index in [4.69, 9.17) is 6.11 Å². The molecule has 0 saturated heterocycles. The average Bonchev–Trinajstić information content (AvgIpc) is 3.15. The molecule has 26 heavy (non-hydrogen) atoms. The van der Waals surface area contributed by atoms with E-state index in [-0.39, 0.29) is 25.2 Å². The van der Waals surface area contributed by atoms with Crippen molar-refractivity contribution in [1.82, 2.24) is 19.5 Å². The Morgan fingerprint density at radius 2 is 2.08 bits per heavy atom. The molecule has 136 valence electrons. The van der Waals surface area contributed by atoms with Gasteiger partial charge >= 0.3 is 0 Å². The fourth-order valence-corrected chi connectivity index (χ4v) is 2.39. The molecule has 0 spiro atoms. The fourth-order valence-electron chi connectivity index (χ4n) is 2.39. The number of hydrogen-bond acceptors (Lipinski definition) is 7. The number of anilines is 1. The van der Waals surface area contributed by atoms with Gasteiger partial charge in [0.2, 0.25) is 0 Å². The van der Waals surface area contributed by atoms with E-state index in [9.17, 15) is 15.0 Å². The highest BCUT2D eigenvalue weighted by Gasteiger charge is 2.20. The van der Waals surface area contributed by atoms with Gasteiger partial charge in [-0.1, -0.05) is 18.2 Å². The molecular weight excluding hydrogens is 338 g/mol. The van der Waals surface area contributed by atoms with Crippen LogP contribution in [-0.4, -0.2) is 55.0 Å². The van der Waals surface area contributed by atoms with E-state index in [1.807, 2.05) is 6.07 Å². The van der Waals surface area contributed by atoms with Gasteiger partial charge in [-0.25, -0.2) is 15.0 Å². The standard InChI is InChI=1S/C17H19N5O4/c1-11(7-23)26-13(8-24)22-10-20-14-15(18-9-19-16(14)22)21-17(25)12-5-3-2-4-6-12/h2-6,9-11,13,23-24H,7-8H2,1H3,(H,18,19,21,25)/t11-,13-/m1/s1/i1D. The summed E-state index contributed by atoms with van der Waals surface area (Å²) in [6, 6.07) is 8.68. The number of aliphatic hydroxyl groups excluding tert-OH is 2. The van der Waals surface area contributed by atoms with Gasteiger partial charge in [-0.3, -0.25) is 9.36 Å². The molecule has 0 aliphatic heterocycles. The number of imidazole rings is 1. The highest BCUT2D eigenvalue weighted by atomic mass is 16.5. The third-order valence-corrected chi connectivity index (χ3v) is 3.65. The third kappa shape index (κ3) is 3.69. The van der Waals surface area contributed by atoms with Crippen molar-refractivity contribution >= 4 is 22.9 Å². The Morgan fingerprint density at radius 3 is 2.77 bits per heavy atom. The molecule has 2 atom stereocenters. The SMILES string of the molecule is [2H]C[C@H](CO)O[C@H](CO)n1cnc2c(NC(=O)c3ccccc3)ncnc21. The van der Waals surface area contributed by atoms with Gasteiger partial charge in [0, 0.05) is 6.93 Å². The summed E-state index contributed by atoms with van der Waals surface area (Å²) in [5.41, 5.74) is 1.14. The molecule has 2 heterocycles. The molecule has 1 amide bonds. The second kappa shape index (κ2) is 8.00. The predicted molar refractivity (Wildman–Crippen MR) is 93.5 cm³/mol. The van der Waals surface area contributed by atoms with Crippen LogP contribution < -0.4 is 5.32 Å². The zero-order valence-electron chi connectivity index (χ0n) is 14.8. The molecule has 0 radical (unpaired) electrons. The summed E-state index contributed by atoms with van der Waals surface area (Å²) in [7, 11) is 0. The number of rotatable bonds is 7. The summed E-state index contributed by atoms with van der Waals surface area (Å²) in [5, 5.41) is 21.5. The lowest BCUT2D eigenvalue weighted by Gasteiger charge is -2.20. The molecule has 0 saturated carbocycles. The largest absolute Gasteiger partial charge is 0.394 e. The van der Waals surface area contributed by atoms with Gasteiger partial charge in [-0.2, -0.15) is 0 Å². The highest BCUT2D eigenvalue weighted by Crippen LogP contribution is 2.22. The number of carbonyl (C=O) groups excluding carboxylic acids is 1. The Morgan fingerprint density at radius 1 is 1.27 bits per heavy atom. The Labute approximate surface area is 150 Å². The molecule has 3 rings (SSSR count). The summed E-state index contributed by atoms with van der Waals surface area (Å²) in [6.45, 7) is -0.912. The van der Waals surface area contributed by atoms with Gasteiger partial charge in [-0.15, -0.1) is 0 Å². The van der Waals surface area contributed by atoms with E-state index in [1.54, 1.807) is 24.3 Å². The molecule has 0 aliphatic carbocycles. The topological polar surface area (TPSA) is 122 Å². The number of benzene rings is 1. The first-order valence-corrected chi connectivity index (χ1v) is 7.88. The molecule has 9 heteroatoms. The van der Waals surface area contributed by atoms with Crippen LogP contribution in [-0.2, 0) is 4.74 Å². The van der Waals surface area contributed by atoms with Crippen LogP contribution in [0, 0.1) is 0 Å². The van der Waals surface area contributed by atoms with Crippen LogP contribution >= 0.6 is 0 Å². The van der Waals surface area contributed by atoms with Crippen molar-refractivity contribution in [2.24, 2.45) is 0 Å². The summed E-state index contributed by atoms with van der Waals surface area (Å²) < 4.78 is 14.3. The predicted octanol–water partition coefficient (Wildman–Crippen LogP) is 0.967. The number of fused-ring (bicyclic) bond motifs is 1. The molecule has 0 fully saturated rings. The van der Waals surface area contributed by atoms with E-state index >= 15 is 0 Å². The molecule has 3 aromatic rings. The minimum Gasteiger partial charge on any atom is -0.394 e. The van der Waals surface area contributed by atoms with Crippen molar-refractivity contribution in [2.75, 3.05) is 18.5 Å². The lowest BCUT2D eigenvalue weighted by Crippen LogP contribution is -2.24. The number of amides is 1. The van der Waals surface area contributed by atoms with Crippen molar-refractivity contribution in [2.45, 2.75) is 19.2 Å². The first kappa shape index (κ1) is 16.6. The lowest BCUT2D eigenvalue weighted by atomic mass is 10.2. The van der Waals surface area contributed by atoms with E-state index in [1.165, 1.54) is 17.2 Å². The van der Waals surface area contributed by atoms with Crippen LogP contribution in [0.5, 0.6) is 0 Å². The van der Waals surface area contributed by atoms with Crippen molar-refractivity contribution in [1.29, 1.82) is 0 Å². The second-order valence-electron chi connectivity index (χ2n) is 5.44. The maximum atomic E-state index is 12.4. The van der Waals surface area contributed by atoms with Crippen LogP contribution in [0.15, 0.2) is 43.0 Å². The molecule has 2 aromatic heterocycles.